The average Bonchev–Trinajstić information content (AvgIpc) is 3.51. The number of nitrogens with one attached hydrogen (secondary N) is 1. The molecule has 0 spiro atoms. The van der Waals surface area contributed by atoms with E-state index < -0.39 is 12.4 Å². The largest absolute Gasteiger partial charge is 0.573 e. The van der Waals surface area contributed by atoms with Crippen molar-refractivity contribution in [3.8, 4) is 28.6 Å². The number of ether oxygens (including phenoxy) is 2. The lowest BCUT2D eigenvalue weighted by Gasteiger charge is -2.37. The molecule has 13 heteroatoms. The number of anilines is 1. The molecule has 0 bridgehead atoms. The summed E-state index contributed by atoms with van der Waals surface area (Å²) < 4.78 is 48.2. The number of allylic oxidation sites excluding steroid dienone is 1. The van der Waals surface area contributed by atoms with Crippen LogP contribution in [0.25, 0.3) is 23.2 Å². The molecule has 1 unspecified atom stereocenters. The highest BCUT2D eigenvalue weighted by molar-refractivity contribution is 8.14. The van der Waals surface area contributed by atoms with Gasteiger partial charge in [0, 0.05) is 29.1 Å². The van der Waals surface area contributed by atoms with Gasteiger partial charge in [-0.15, -0.1) is 18.3 Å². The van der Waals surface area contributed by atoms with Crippen LogP contribution in [0.3, 0.4) is 0 Å². The van der Waals surface area contributed by atoms with Gasteiger partial charge in [0.15, 0.2) is 11.0 Å². The van der Waals surface area contributed by atoms with Gasteiger partial charge in [-0.05, 0) is 73.7 Å². The molecule has 0 radical (unpaired) electrons. The van der Waals surface area contributed by atoms with Crippen LogP contribution in [0.4, 0.5) is 23.7 Å². The number of thioether (sulfide) groups is 1. The minimum atomic E-state index is -4.76. The molecule has 2 amide bonds. The van der Waals surface area contributed by atoms with Crippen LogP contribution in [0.1, 0.15) is 51.2 Å². The molecule has 9 nitrogen and oxygen atoms in total. The van der Waals surface area contributed by atoms with Crippen molar-refractivity contribution in [2.75, 3.05) is 17.8 Å². The van der Waals surface area contributed by atoms with E-state index in [1.165, 1.54) is 35.3 Å². The summed E-state index contributed by atoms with van der Waals surface area (Å²) >= 11 is 1.56. The number of hydrogen-bond acceptors (Lipinski definition) is 6. The molecule has 3 aromatic carbocycles. The van der Waals surface area contributed by atoms with Gasteiger partial charge in [0.1, 0.15) is 17.8 Å². The number of urea groups is 1. The van der Waals surface area contributed by atoms with E-state index >= 15 is 0 Å². The summed E-state index contributed by atoms with van der Waals surface area (Å²) in [5, 5.41) is 7.96. The summed E-state index contributed by atoms with van der Waals surface area (Å²) in [6.45, 7) is 8.22. The third-order valence-corrected chi connectivity index (χ3v) is 8.40. The Morgan fingerprint density at radius 1 is 1.09 bits per heavy atom. The molecule has 1 fully saturated rings. The van der Waals surface area contributed by atoms with Gasteiger partial charge in [0.25, 0.3) is 0 Å². The van der Waals surface area contributed by atoms with E-state index in [1.807, 2.05) is 42.5 Å². The number of aliphatic imine (C=N–C) groups is 1. The molecule has 1 saturated heterocycles. The molecule has 4 aromatic rings. The van der Waals surface area contributed by atoms with Crippen molar-refractivity contribution in [3.05, 3.63) is 89.9 Å². The molecule has 1 aromatic heterocycles. The number of methoxy groups -OCH3 is 1. The van der Waals surface area contributed by atoms with Crippen LogP contribution >= 0.6 is 11.8 Å². The molecule has 0 aliphatic carbocycles. The van der Waals surface area contributed by atoms with Crippen molar-refractivity contribution in [2.45, 2.75) is 52.4 Å². The van der Waals surface area contributed by atoms with Crippen molar-refractivity contribution in [2.24, 2.45) is 4.99 Å². The molecule has 5 rings (SSSR count). The first kappa shape index (κ1) is 33.6. The number of rotatable bonds is 8. The first-order valence-electron chi connectivity index (χ1n) is 15.0. The summed E-state index contributed by atoms with van der Waals surface area (Å²) in [5.41, 5.74) is 4.89. The molecule has 246 valence electrons. The number of aromatic nitrogens is 3. The molecule has 0 saturated carbocycles. The van der Waals surface area contributed by atoms with Crippen molar-refractivity contribution >= 4 is 34.7 Å². The van der Waals surface area contributed by atoms with Gasteiger partial charge in [-0.1, -0.05) is 55.9 Å². The maximum atomic E-state index is 13.1. The van der Waals surface area contributed by atoms with Crippen LogP contribution in [0.15, 0.2) is 83.7 Å². The predicted molar refractivity (Wildman–Crippen MR) is 179 cm³/mol. The van der Waals surface area contributed by atoms with E-state index in [9.17, 15) is 18.0 Å². The van der Waals surface area contributed by atoms with Gasteiger partial charge in [-0.25, -0.2) is 14.5 Å². The zero-order valence-electron chi connectivity index (χ0n) is 26.6. The third-order valence-electron chi connectivity index (χ3n) is 7.41. The fourth-order valence-corrected chi connectivity index (χ4v) is 6.31. The van der Waals surface area contributed by atoms with Crippen molar-refractivity contribution < 1.29 is 27.4 Å². The minimum absolute atomic E-state index is 0.155. The first-order chi connectivity index (χ1) is 22.4. The molecule has 1 N–H and O–H groups in total. The van der Waals surface area contributed by atoms with Crippen LogP contribution in [0.2, 0.25) is 0 Å². The number of nitrogens with zero attached hydrogens (tertiary/aromatic N) is 5. The Kier molecular flexibility index (Phi) is 10.2. The van der Waals surface area contributed by atoms with Gasteiger partial charge in [0.2, 0.25) is 0 Å². The topological polar surface area (TPSA) is 93.9 Å². The monoisotopic (exact) mass is 664 g/mol. The second kappa shape index (κ2) is 14.3. The van der Waals surface area contributed by atoms with Crippen molar-refractivity contribution in [3.63, 3.8) is 0 Å². The highest BCUT2D eigenvalue weighted by Gasteiger charge is 2.31. The maximum Gasteiger partial charge on any atom is 0.573 e. The Hall–Kier alpha value is -4.78. The molecule has 47 heavy (non-hydrogen) atoms. The Morgan fingerprint density at radius 3 is 2.45 bits per heavy atom. The van der Waals surface area contributed by atoms with Crippen molar-refractivity contribution in [1.29, 1.82) is 0 Å². The number of carbonyl (C=O) groups is 1. The standard InChI is InChI=1S/C34H35F3N6O3S/c1-21(2)29-15-14-28(45-5)19-30(29)43-23(4)16-17-47-33(43)40-32(44)39-22(3)18-24-6-8-25(9-7-24)31-38-20-42(41-31)26-10-12-27(13-11-26)46-34(35,36)37/h6-15,18-21,23H,16-17H2,1-5H3,(H,39,44)/b22-18+,40-33?. The van der Waals surface area contributed by atoms with Gasteiger partial charge in [0.05, 0.1) is 18.5 Å². The van der Waals surface area contributed by atoms with E-state index in [-0.39, 0.29) is 17.7 Å². The minimum Gasteiger partial charge on any atom is -0.497 e. The zero-order chi connectivity index (χ0) is 33.7. The lowest BCUT2D eigenvalue weighted by Crippen LogP contribution is -2.42. The van der Waals surface area contributed by atoms with Crippen LogP contribution < -0.4 is 19.7 Å². The highest BCUT2D eigenvalue weighted by atomic mass is 32.2. The second-order valence-corrected chi connectivity index (χ2v) is 12.3. The summed E-state index contributed by atoms with van der Waals surface area (Å²) in [5.74, 6) is 2.01. The first-order valence-corrected chi connectivity index (χ1v) is 15.9. The number of amidine groups is 1. The highest BCUT2D eigenvalue weighted by Crippen LogP contribution is 2.37. The van der Waals surface area contributed by atoms with Crippen LogP contribution in [-0.4, -0.2) is 51.2 Å². The Labute approximate surface area is 275 Å². The number of amides is 2. The van der Waals surface area contributed by atoms with Gasteiger partial charge >= 0.3 is 12.4 Å². The quantitative estimate of drug-likeness (QED) is 0.202. The molecule has 1 aliphatic rings. The average molecular weight is 665 g/mol. The molecule has 1 aliphatic heterocycles. The molecular weight excluding hydrogens is 629 g/mol. The Bertz CT molecular complexity index is 1770. The summed E-state index contributed by atoms with van der Waals surface area (Å²) in [7, 11) is 1.64. The second-order valence-electron chi connectivity index (χ2n) is 11.3. The Morgan fingerprint density at radius 2 is 1.79 bits per heavy atom. The number of halogens is 3. The van der Waals surface area contributed by atoms with Crippen LogP contribution in [0, 0.1) is 0 Å². The lowest BCUT2D eigenvalue weighted by atomic mass is 9.99. The van der Waals surface area contributed by atoms with E-state index in [0.29, 0.717) is 22.4 Å². The number of carbonyl (C=O) groups excluding carboxylic acids is 1. The molecular formula is C34H35F3N6O3S. The fourth-order valence-electron chi connectivity index (χ4n) is 5.10. The van der Waals surface area contributed by atoms with E-state index in [4.69, 9.17) is 4.74 Å². The summed E-state index contributed by atoms with van der Waals surface area (Å²) in [4.78, 5) is 24.0. The lowest BCUT2D eigenvalue weighted by molar-refractivity contribution is -0.274. The number of hydrogen-bond donors (Lipinski definition) is 1. The smallest absolute Gasteiger partial charge is 0.497 e. The molecule has 1 atom stereocenters. The van der Waals surface area contributed by atoms with E-state index in [1.54, 1.807) is 25.8 Å². The molecule has 2 heterocycles. The normalized spacial score (nSPS) is 16.4. The van der Waals surface area contributed by atoms with Crippen molar-refractivity contribution in [1.82, 2.24) is 20.1 Å². The SMILES string of the molecule is COc1ccc(C(C)C)c(N2C(=NC(=O)N/C(C)=C/c3ccc(-c4ncn(-c5ccc(OC(F)(F)F)cc5)n4)cc3)SCCC2C)c1. The predicted octanol–water partition coefficient (Wildman–Crippen LogP) is 8.42. The van der Waals surface area contributed by atoms with Gasteiger partial charge < -0.3 is 19.7 Å². The van der Waals surface area contributed by atoms with E-state index in [2.05, 4.69) is 56.9 Å². The van der Waals surface area contributed by atoms with Gasteiger partial charge in [-0.2, -0.15) is 4.99 Å². The third kappa shape index (κ3) is 8.53. The van der Waals surface area contributed by atoms with Crippen LogP contribution in [0.5, 0.6) is 11.5 Å². The number of benzene rings is 3. The fraction of sp³-hybridized carbons (Fsp3) is 0.294. The van der Waals surface area contributed by atoms with Gasteiger partial charge in [-0.3, -0.25) is 0 Å². The summed E-state index contributed by atoms with van der Waals surface area (Å²) in [6, 6.07) is 18.5. The Balaban J connectivity index is 1.26. The summed E-state index contributed by atoms with van der Waals surface area (Å²) in [6.07, 6.45) is -0.481. The maximum absolute atomic E-state index is 13.1. The van der Waals surface area contributed by atoms with Crippen LogP contribution in [-0.2, 0) is 0 Å². The number of alkyl halides is 3. The zero-order valence-corrected chi connectivity index (χ0v) is 27.4. The van der Waals surface area contributed by atoms with E-state index in [0.717, 1.165) is 40.3 Å².